The number of hydrogen-bond donors (Lipinski definition) is 3. The fraction of sp³-hybridized carbons (Fsp3) is 0.682. The summed E-state index contributed by atoms with van der Waals surface area (Å²) < 4.78 is 10.9. The van der Waals surface area contributed by atoms with Gasteiger partial charge in [0.1, 0.15) is 5.75 Å². The molecule has 2 aliphatic rings. The van der Waals surface area contributed by atoms with Crippen LogP contribution in [0.25, 0.3) is 0 Å². The van der Waals surface area contributed by atoms with E-state index in [0.717, 1.165) is 70.2 Å². The minimum atomic E-state index is -0.145. The first-order valence-corrected chi connectivity index (χ1v) is 10.9. The van der Waals surface area contributed by atoms with Gasteiger partial charge in [-0.2, -0.15) is 0 Å². The topological polar surface area (TPSA) is 78.4 Å². The zero-order valence-electron chi connectivity index (χ0n) is 18.2. The van der Waals surface area contributed by atoms with E-state index in [2.05, 4.69) is 34.6 Å². The number of aliphatic imine (C=N–C) groups is 1. The molecule has 1 aliphatic heterocycles. The van der Waals surface area contributed by atoms with Gasteiger partial charge in [0.15, 0.2) is 5.96 Å². The fourth-order valence-electron chi connectivity index (χ4n) is 4.06. The van der Waals surface area contributed by atoms with Crippen LogP contribution < -0.4 is 15.4 Å². The summed E-state index contributed by atoms with van der Waals surface area (Å²) in [6.45, 7) is 6.94. The van der Waals surface area contributed by atoms with E-state index in [1.165, 1.54) is 5.56 Å². The van der Waals surface area contributed by atoms with E-state index >= 15 is 0 Å². The Kier molecular flexibility index (Phi) is 11.2. The first-order valence-electron chi connectivity index (χ1n) is 10.9. The van der Waals surface area contributed by atoms with E-state index in [-0.39, 0.29) is 36.1 Å². The van der Waals surface area contributed by atoms with Crippen molar-refractivity contribution in [1.82, 2.24) is 15.5 Å². The molecule has 2 fully saturated rings. The second kappa shape index (κ2) is 13.3. The van der Waals surface area contributed by atoms with Gasteiger partial charge in [-0.25, -0.2) is 0 Å². The minimum Gasteiger partial charge on any atom is -0.497 e. The van der Waals surface area contributed by atoms with Crippen molar-refractivity contribution in [3.63, 3.8) is 0 Å². The van der Waals surface area contributed by atoms with Crippen molar-refractivity contribution in [1.29, 1.82) is 0 Å². The van der Waals surface area contributed by atoms with Crippen molar-refractivity contribution in [2.75, 3.05) is 46.5 Å². The number of guanidine groups is 1. The Morgan fingerprint density at radius 2 is 1.87 bits per heavy atom. The van der Waals surface area contributed by atoms with E-state index in [1.54, 1.807) is 7.11 Å². The Morgan fingerprint density at radius 1 is 1.20 bits per heavy atom. The van der Waals surface area contributed by atoms with Gasteiger partial charge in [0, 0.05) is 25.7 Å². The Morgan fingerprint density at radius 3 is 2.47 bits per heavy atom. The van der Waals surface area contributed by atoms with Gasteiger partial charge in [-0.3, -0.25) is 9.89 Å². The highest BCUT2D eigenvalue weighted by Gasteiger charge is 2.24. The molecule has 1 saturated carbocycles. The molecule has 0 radical (unpaired) electrons. The van der Waals surface area contributed by atoms with Crippen molar-refractivity contribution >= 4 is 29.9 Å². The lowest BCUT2D eigenvalue weighted by Crippen LogP contribution is -2.46. The third kappa shape index (κ3) is 7.55. The van der Waals surface area contributed by atoms with Crippen LogP contribution in [0.2, 0.25) is 0 Å². The summed E-state index contributed by atoms with van der Waals surface area (Å²) in [4.78, 5) is 7.39. The number of halogens is 1. The number of aliphatic hydroxyl groups excluding tert-OH is 1. The monoisotopic (exact) mass is 532 g/mol. The highest BCUT2D eigenvalue weighted by Crippen LogP contribution is 2.25. The molecule has 1 unspecified atom stereocenters. The Balaban J connectivity index is 0.00000320. The maximum absolute atomic E-state index is 9.75. The van der Waals surface area contributed by atoms with Gasteiger partial charge in [-0.15, -0.1) is 24.0 Å². The van der Waals surface area contributed by atoms with E-state index in [9.17, 15) is 5.11 Å². The van der Waals surface area contributed by atoms with Gasteiger partial charge in [0.2, 0.25) is 0 Å². The first kappa shape index (κ1) is 25.2. The van der Waals surface area contributed by atoms with Crippen LogP contribution in [0.3, 0.4) is 0 Å². The number of nitrogens with one attached hydrogen (secondary N) is 2. The molecule has 170 valence electrons. The van der Waals surface area contributed by atoms with Crippen LogP contribution in [-0.2, 0) is 4.74 Å². The maximum atomic E-state index is 9.75. The average molecular weight is 532 g/mol. The molecule has 8 heteroatoms. The molecule has 3 N–H and O–H groups in total. The molecular weight excluding hydrogens is 495 g/mol. The Hall–Kier alpha value is -1.10. The number of rotatable bonds is 7. The van der Waals surface area contributed by atoms with Crippen LogP contribution in [0.1, 0.15) is 44.2 Å². The third-order valence-electron chi connectivity index (χ3n) is 5.79. The smallest absolute Gasteiger partial charge is 0.191 e. The number of morpholine rings is 1. The minimum absolute atomic E-state index is 0. The summed E-state index contributed by atoms with van der Waals surface area (Å²) in [5, 5.41) is 16.7. The van der Waals surface area contributed by atoms with Gasteiger partial charge in [-0.1, -0.05) is 12.1 Å². The van der Waals surface area contributed by atoms with Crippen LogP contribution >= 0.6 is 24.0 Å². The number of benzene rings is 1. The lowest BCUT2D eigenvalue weighted by atomic mass is 9.93. The standard InChI is InChI=1S/C22H36N4O3.HI/c1-3-23-22(25-18-6-8-19(27)9-7-18)24-16-21(26-12-14-29-15-13-26)17-4-10-20(28-2)11-5-17;/h4-5,10-11,18-19,21,27H,3,6-9,12-16H2,1-2H3,(H2,23,24,25);1H. The molecule has 0 aromatic heterocycles. The first-order chi connectivity index (χ1) is 14.2. The van der Waals surface area contributed by atoms with Crippen LogP contribution in [0.5, 0.6) is 5.75 Å². The van der Waals surface area contributed by atoms with Crippen molar-refractivity contribution in [2.45, 2.75) is 50.8 Å². The molecule has 3 rings (SSSR count). The zero-order chi connectivity index (χ0) is 20.5. The lowest BCUT2D eigenvalue weighted by molar-refractivity contribution is 0.0179. The summed E-state index contributed by atoms with van der Waals surface area (Å²) in [5.41, 5.74) is 1.24. The summed E-state index contributed by atoms with van der Waals surface area (Å²) >= 11 is 0. The van der Waals surface area contributed by atoms with E-state index in [1.807, 2.05) is 12.1 Å². The molecule has 1 aliphatic carbocycles. The van der Waals surface area contributed by atoms with Gasteiger partial charge in [0.25, 0.3) is 0 Å². The second-order valence-electron chi connectivity index (χ2n) is 7.81. The maximum Gasteiger partial charge on any atom is 0.191 e. The highest BCUT2D eigenvalue weighted by atomic mass is 127. The second-order valence-corrected chi connectivity index (χ2v) is 7.81. The van der Waals surface area contributed by atoms with Gasteiger partial charge in [-0.05, 0) is 50.3 Å². The van der Waals surface area contributed by atoms with E-state index in [0.29, 0.717) is 12.6 Å². The van der Waals surface area contributed by atoms with E-state index in [4.69, 9.17) is 14.5 Å². The van der Waals surface area contributed by atoms with Crippen molar-refractivity contribution in [3.8, 4) is 5.75 Å². The number of ether oxygens (including phenoxy) is 2. The predicted octanol–water partition coefficient (Wildman–Crippen LogP) is 2.55. The molecule has 1 aromatic rings. The third-order valence-corrected chi connectivity index (χ3v) is 5.79. The molecule has 1 heterocycles. The predicted molar refractivity (Wildman–Crippen MR) is 131 cm³/mol. The average Bonchev–Trinajstić information content (AvgIpc) is 2.77. The molecule has 0 bridgehead atoms. The normalized spacial score (nSPS) is 23.9. The van der Waals surface area contributed by atoms with Crippen molar-refractivity contribution in [2.24, 2.45) is 4.99 Å². The fourth-order valence-corrected chi connectivity index (χ4v) is 4.06. The SMILES string of the molecule is CCNC(=NCC(c1ccc(OC)cc1)N1CCOCC1)NC1CCC(O)CC1.I. The van der Waals surface area contributed by atoms with Crippen LogP contribution in [0, 0.1) is 0 Å². The van der Waals surface area contributed by atoms with Crippen molar-refractivity contribution < 1.29 is 14.6 Å². The largest absolute Gasteiger partial charge is 0.497 e. The number of hydrogen-bond acceptors (Lipinski definition) is 5. The quantitative estimate of drug-likeness (QED) is 0.285. The molecule has 7 nitrogen and oxygen atoms in total. The van der Waals surface area contributed by atoms with Crippen LogP contribution in [0.4, 0.5) is 0 Å². The summed E-state index contributed by atoms with van der Waals surface area (Å²) in [7, 11) is 1.69. The molecule has 0 amide bonds. The highest BCUT2D eigenvalue weighted by molar-refractivity contribution is 14.0. The Labute approximate surface area is 197 Å². The van der Waals surface area contributed by atoms with Crippen LogP contribution in [0.15, 0.2) is 29.3 Å². The van der Waals surface area contributed by atoms with E-state index < -0.39 is 0 Å². The van der Waals surface area contributed by atoms with Crippen molar-refractivity contribution in [3.05, 3.63) is 29.8 Å². The number of methoxy groups -OCH3 is 1. The molecule has 1 aromatic carbocycles. The summed E-state index contributed by atoms with van der Waals surface area (Å²) in [6.07, 6.45) is 3.54. The molecule has 30 heavy (non-hydrogen) atoms. The van der Waals surface area contributed by atoms with Gasteiger partial charge >= 0.3 is 0 Å². The van der Waals surface area contributed by atoms with Gasteiger partial charge in [0.05, 0.1) is 39.0 Å². The molecule has 0 spiro atoms. The van der Waals surface area contributed by atoms with Crippen LogP contribution in [-0.4, -0.2) is 74.6 Å². The molecular formula is C22H37IN4O3. The number of aliphatic hydroxyl groups is 1. The molecule has 1 saturated heterocycles. The number of nitrogens with zero attached hydrogens (tertiary/aromatic N) is 2. The summed E-state index contributed by atoms with van der Waals surface area (Å²) in [5.74, 6) is 1.73. The Bertz CT molecular complexity index is 630. The zero-order valence-corrected chi connectivity index (χ0v) is 20.5. The molecule has 1 atom stereocenters. The van der Waals surface area contributed by atoms with Gasteiger partial charge < -0.3 is 25.2 Å². The summed E-state index contributed by atoms with van der Waals surface area (Å²) in [6, 6.07) is 8.88. The lowest BCUT2D eigenvalue weighted by Gasteiger charge is -2.34.